The van der Waals surface area contributed by atoms with Gasteiger partial charge in [0.2, 0.25) is 11.8 Å². The number of para-hydroxylation sites is 2. The molecule has 0 unspecified atom stereocenters. The van der Waals surface area contributed by atoms with Crippen LogP contribution in [0.25, 0.3) is 0 Å². The quantitative estimate of drug-likeness (QED) is 0.778. The number of ether oxygens (including phenoxy) is 2. The highest BCUT2D eigenvalue weighted by Gasteiger charge is 2.27. The lowest BCUT2D eigenvalue weighted by atomic mass is 9.95. The molecule has 2 aromatic rings. The lowest BCUT2D eigenvalue weighted by Gasteiger charge is -2.31. The number of carbonyl (C=O) groups excluding carboxylic acids is 2. The molecule has 0 aliphatic carbocycles. The van der Waals surface area contributed by atoms with E-state index in [1.165, 1.54) is 0 Å². The van der Waals surface area contributed by atoms with Crippen LogP contribution in [-0.4, -0.2) is 43.5 Å². The molecule has 0 spiro atoms. The third-order valence-corrected chi connectivity index (χ3v) is 5.17. The van der Waals surface area contributed by atoms with E-state index in [0.29, 0.717) is 50.4 Å². The first-order valence-corrected chi connectivity index (χ1v) is 10.0. The van der Waals surface area contributed by atoms with Gasteiger partial charge in [-0.2, -0.15) is 0 Å². The second-order valence-electron chi connectivity index (χ2n) is 7.10. The fraction of sp³-hybridized carbons (Fsp3) is 0.391. The van der Waals surface area contributed by atoms with Crippen molar-refractivity contribution in [3.8, 4) is 11.5 Å². The zero-order chi connectivity index (χ0) is 20.6. The van der Waals surface area contributed by atoms with Gasteiger partial charge in [0.1, 0.15) is 11.5 Å². The number of likely N-dealkylation sites (tertiary alicyclic amines) is 1. The normalized spacial score (nSPS) is 14.3. The van der Waals surface area contributed by atoms with E-state index in [-0.39, 0.29) is 17.7 Å². The summed E-state index contributed by atoms with van der Waals surface area (Å²) in [7, 11) is 1.58. The first-order chi connectivity index (χ1) is 14.1. The third-order valence-electron chi connectivity index (χ3n) is 5.17. The maximum atomic E-state index is 12.6. The molecule has 6 heteroatoms. The number of piperidine rings is 1. The summed E-state index contributed by atoms with van der Waals surface area (Å²) in [4.78, 5) is 27.1. The van der Waals surface area contributed by atoms with E-state index < -0.39 is 0 Å². The van der Waals surface area contributed by atoms with Gasteiger partial charge in [-0.1, -0.05) is 24.3 Å². The number of benzene rings is 2. The van der Waals surface area contributed by atoms with Gasteiger partial charge >= 0.3 is 0 Å². The molecule has 6 nitrogen and oxygen atoms in total. The standard InChI is InChI=1S/C23H28N2O4/c1-3-29-19-10-8-17(9-11-19)16-22(26)25-14-12-18(13-15-25)23(27)24-20-6-4-5-7-21(20)28-2/h4-11,18H,3,12-16H2,1-2H3,(H,24,27). The average Bonchev–Trinajstić information content (AvgIpc) is 2.75. The minimum Gasteiger partial charge on any atom is -0.495 e. The highest BCUT2D eigenvalue weighted by Crippen LogP contribution is 2.26. The van der Waals surface area contributed by atoms with Crippen molar-refractivity contribution in [3.05, 3.63) is 54.1 Å². The van der Waals surface area contributed by atoms with E-state index in [0.717, 1.165) is 11.3 Å². The van der Waals surface area contributed by atoms with Gasteiger partial charge in [-0.15, -0.1) is 0 Å². The Morgan fingerprint density at radius 1 is 1.07 bits per heavy atom. The maximum Gasteiger partial charge on any atom is 0.227 e. The van der Waals surface area contributed by atoms with Gasteiger partial charge in [-0.3, -0.25) is 9.59 Å². The molecule has 1 aliphatic heterocycles. The molecule has 1 fully saturated rings. The van der Waals surface area contributed by atoms with Crippen LogP contribution in [0.4, 0.5) is 5.69 Å². The Hall–Kier alpha value is -3.02. The summed E-state index contributed by atoms with van der Waals surface area (Å²) in [6.45, 7) is 3.76. The number of nitrogens with zero attached hydrogens (tertiary/aromatic N) is 1. The van der Waals surface area contributed by atoms with Gasteiger partial charge in [0.05, 0.1) is 25.8 Å². The van der Waals surface area contributed by atoms with Crippen LogP contribution < -0.4 is 14.8 Å². The second-order valence-corrected chi connectivity index (χ2v) is 7.10. The Balaban J connectivity index is 1.49. The summed E-state index contributed by atoms with van der Waals surface area (Å²) in [6, 6.07) is 15.0. The third kappa shape index (κ3) is 5.50. The van der Waals surface area contributed by atoms with Crippen molar-refractivity contribution in [2.75, 3.05) is 32.1 Å². The van der Waals surface area contributed by atoms with Gasteiger partial charge in [0.15, 0.2) is 0 Å². The monoisotopic (exact) mass is 396 g/mol. The summed E-state index contributed by atoms with van der Waals surface area (Å²) in [5.74, 6) is 1.43. The second kappa shape index (κ2) is 9.96. The van der Waals surface area contributed by atoms with Gasteiger partial charge in [0, 0.05) is 19.0 Å². The molecule has 1 N–H and O–H groups in total. The van der Waals surface area contributed by atoms with Crippen molar-refractivity contribution in [2.24, 2.45) is 5.92 Å². The van der Waals surface area contributed by atoms with Crippen LogP contribution in [0.2, 0.25) is 0 Å². The van der Waals surface area contributed by atoms with Gasteiger partial charge in [0.25, 0.3) is 0 Å². The Kier molecular flexibility index (Phi) is 7.11. The Bertz CT molecular complexity index is 827. The number of rotatable bonds is 7. The molecular formula is C23H28N2O4. The molecule has 1 saturated heterocycles. The van der Waals surface area contributed by atoms with Crippen LogP contribution in [-0.2, 0) is 16.0 Å². The van der Waals surface area contributed by atoms with Crippen molar-refractivity contribution in [2.45, 2.75) is 26.2 Å². The number of amides is 2. The molecule has 2 aromatic carbocycles. The summed E-state index contributed by atoms with van der Waals surface area (Å²) < 4.78 is 10.7. The number of hydrogen-bond acceptors (Lipinski definition) is 4. The zero-order valence-electron chi connectivity index (χ0n) is 17.0. The number of anilines is 1. The number of carbonyl (C=O) groups is 2. The topological polar surface area (TPSA) is 67.9 Å². The largest absolute Gasteiger partial charge is 0.495 e. The summed E-state index contributed by atoms with van der Waals surface area (Å²) >= 11 is 0. The molecule has 29 heavy (non-hydrogen) atoms. The lowest BCUT2D eigenvalue weighted by Crippen LogP contribution is -2.42. The van der Waals surface area contributed by atoms with E-state index in [1.54, 1.807) is 7.11 Å². The minimum atomic E-state index is -0.102. The van der Waals surface area contributed by atoms with Gasteiger partial charge in [-0.05, 0) is 49.6 Å². The minimum absolute atomic E-state index is 0.0203. The summed E-state index contributed by atoms with van der Waals surface area (Å²) in [5.41, 5.74) is 1.64. The van der Waals surface area contributed by atoms with Crippen LogP contribution >= 0.6 is 0 Å². The van der Waals surface area contributed by atoms with Gasteiger partial charge in [-0.25, -0.2) is 0 Å². The van der Waals surface area contributed by atoms with Crippen molar-refractivity contribution in [1.29, 1.82) is 0 Å². The van der Waals surface area contributed by atoms with Crippen molar-refractivity contribution < 1.29 is 19.1 Å². The zero-order valence-corrected chi connectivity index (χ0v) is 17.0. The highest BCUT2D eigenvalue weighted by molar-refractivity contribution is 5.94. The molecule has 0 atom stereocenters. The van der Waals surface area contributed by atoms with Crippen molar-refractivity contribution in [1.82, 2.24) is 4.90 Å². The molecule has 154 valence electrons. The number of nitrogens with one attached hydrogen (secondary N) is 1. The van der Waals surface area contributed by atoms with E-state index in [2.05, 4.69) is 5.32 Å². The Morgan fingerprint density at radius 2 is 1.76 bits per heavy atom. The Morgan fingerprint density at radius 3 is 2.41 bits per heavy atom. The smallest absolute Gasteiger partial charge is 0.227 e. The van der Waals surface area contributed by atoms with Crippen LogP contribution in [0.15, 0.2) is 48.5 Å². The molecule has 2 amide bonds. The molecule has 3 rings (SSSR count). The SMILES string of the molecule is CCOc1ccc(CC(=O)N2CCC(C(=O)Nc3ccccc3OC)CC2)cc1. The fourth-order valence-corrected chi connectivity index (χ4v) is 3.53. The Labute approximate surface area is 171 Å². The van der Waals surface area contributed by atoms with Crippen LogP contribution in [0.1, 0.15) is 25.3 Å². The molecule has 1 aliphatic rings. The van der Waals surface area contributed by atoms with Crippen molar-refractivity contribution >= 4 is 17.5 Å². The maximum absolute atomic E-state index is 12.6. The first kappa shape index (κ1) is 20.7. The van der Waals surface area contributed by atoms with Crippen LogP contribution in [0, 0.1) is 5.92 Å². The van der Waals surface area contributed by atoms with E-state index in [1.807, 2.05) is 60.4 Å². The van der Waals surface area contributed by atoms with E-state index in [4.69, 9.17) is 9.47 Å². The fourth-order valence-electron chi connectivity index (χ4n) is 3.53. The van der Waals surface area contributed by atoms with Gasteiger partial charge < -0.3 is 19.7 Å². The molecule has 0 aromatic heterocycles. The van der Waals surface area contributed by atoms with Crippen LogP contribution in [0.3, 0.4) is 0 Å². The highest BCUT2D eigenvalue weighted by atomic mass is 16.5. The molecule has 0 saturated carbocycles. The predicted molar refractivity (Wildman–Crippen MR) is 112 cm³/mol. The molecule has 1 heterocycles. The van der Waals surface area contributed by atoms with E-state index in [9.17, 15) is 9.59 Å². The predicted octanol–water partition coefficient (Wildman–Crippen LogP) is 3.51. The first-order valence-electron chi connectivity index (χ1n) is 10.0. The van der Waals surface area contributed by atoms with Crippen molar-refractivity contribution in [3.63, 3.8) is 0 Å². The average molecular weight is 396 g/mol. The summed E-state index contributed by atoms with van der Waals surface area (Å²) in [6.07, 6.45) is 1.69. The molecule has 0 bridgehead atoms. The molecule has 0 radical (unpaired) electrons. The number of methoxy groups -OCH3 is 1. The van der Waals surface area contributed by atoms with Crippen LogP contribution in [0.5, 0.6) is 11.5 Å². The summed E-state index contributed by atoms with van der Waals surface area (Å²) in [5, 5.41) is 2.95. The van der Waals surface area contributed by atoms with E-state index >= 15 is 0 Å². The molecular weight excluding hydrogens is 368 g/mol. The number of hydrogen-bond donors (Lipinski definition) is 1. The lowest BCUT2D eigenvalue weighted by molar-refractivity contribution is -0.133.